The Morgan fingerprint density at radius 2 is 1.91 bits per heavy atom. The van der Waals surface area contributed by atoms with Crippen LogP contribution in [-0.2, 0) is 4.74 Å². The van der Waals surface area contributed by atoms with Crippen LogP contribution in [0.15, 0.2) is 60.8 Å². The molecular formula is C27H30N4O3. The molecule has 2 fully saturated rings. The monoisotopic (exact) mass is 458 g/mol. The third-order valence-electron chi connectivity index (χ3n) is 6.61. The minimum atomic E-state index is 0.0579. The molecule has 0 N–H and O–H groups in total. The SMILES string of the molecule is COc1ccccc1-c1cccc(C2CCCN(C(=O)c3ccnc(N4CCOCC4)c3)C2)n1. The average molecular weight is 459 g/mol. The lowest BCUT2D eigenvalue weighted by molar-refractivity contribution is 0.0706. The van der Waals surface area contributed by atoms with Crippen molar-refractivity contribution < 1.29 is 14.3 Å². The molecule has 1 amide bonds. The van der Waals surface area contributed by atoms with E-state index in [1.165, 1.54) is 0 Å². The first-order chi connectivity index (χ1) is 16.7. The molecule has 7 heteroatoms. The highest BCUT2D eigenvalue weighted by Gasteiger charge is 2.27. The van der Waals surface area contributed by atoms with Gasteiger partial charge >= 0.3 is 0 Å². The summed E-state index contributed by atoms with van der Waals surface area (Å²) in [6.07, 6.45) is 3.71. The van der Waals surface area contributed by atoms with Crippen LogP contribution in [-0.4, -0.2) is 67.3 Å². The van der Waals surface area contributed by atoms with Crippen molar-refractivity contribution >= 4 is 11.7 Å². The van der Waals surface area contributed by atoms with E-state index in [0.717, 1.165) is 61.0 Å². The number of para-hydroxylation sites is 1. The molecule has 2 aliphatic rings. The number of benzene rings is 1. The number of hydrogen-bond acceptors (Lipinski definition) is 6. The van der Waals surface area contributed by atoms with Gasteiger partial charge in [-0.3, -0.25) is 9.78 Å². The van der Waals surface area contributed by atoms with Crippen molar-refractivity contribution in [3.63, 3.8) is 0 Å². The van der Waals surface area contributed by atoms with Gasteiger partial charge in [0.05, 0.1) is 26.0 Å². The number of piperidine rings is 1. The molecule has 34 heavy (non-hydrogen) atoms. The van der Waals surface area contributed by atoms with Gasteiger partial charge in [-0.1, -0.05) is 18.2 Å². The normalized spacial score (nSPS) is 18.6. The van der Waals surface area contributed by atoms with E-state index in [1.54, 1.807) is 13.3 Å². The highest BCUT2D eigenvalue weighted by atomic mass is 16.5. The molecule has 5 rings (SSSR count). The molecule has 7 nitrogen and oxygen atoms in total. The zero-order valence-corrected chi connectivity index (χ0v) is 19.5. The molecule has 1 atom stereocenters. The van der Waals surface area contributed by atoms with Gasteiger partial charge in [0, 0.05) is 55.1 Å². The van der Waals surface area contributed by atoms with Crippen molar-refractivity contribution in [2.75, 3.05) is 51.4 Å². The van der Waals surface area contributed by atoms with E-state index in [2.05, 4.69) is 16.0 Å². The van der Waals surface area contributed by atoms with Crippen molar-refractivity contribution in [2.45, 2.75) is 18.8 Å². The standard InChI is InChI=1S/C27H30N4O3/c1-33-25-10-3-2-7-22(25)24-9-4-8-23(29-24)21-6-5-13-31(19-21)27(32)20-11-12-28-26(18-20)30-14-16-34-17-15-30/h2-4,7-12,18,21H,5-6,13-17,19H2,1H3. The first-order valence-electron chi connectivity index (χ1n) is 11.9. The molecule has 2 aromatic heterocycles. The van der Waals surface area contributed by atoms with E-state index in [9.17, 15) is 4.79 Å². The number of aromatic nitrogens is 2. The Labute approximate surface area is 200 Å². The van der Waals surface area contributed by atoms with Crippen LogP contribution >= 0.6 is 0 Å². The Balaban J connectivity index is 1.33. The molecule has 0 saturated carbocycles. The number of ether oxygens (including phenoxy) is 2. The van der Waals surface area contributed by atoms with E-state index >= 15 is 0 Å². The van der Waals surface area contributed by atoms with Crippen molar-refractivity contribution in [2.24, 2.45) is 0 Å². The van der Waals surface area contributed by atoms with Crippen LogP contribution in [0, 0.1) is 0 Å². The summed E-state index contributed by atoms with van der Waals surface area (Å²) in [5.74, 6) is 1.91. The number of amides is 1. The van der Waals surface area contributed by atoms with Crippen LogP contribution < -0.4 is 9.64 Å². The van der Waals surface area contributed by atoms with Gasteiger partial charge in [0.2, 0.25) is 0 Å². The van der Waals surface area contributed by atoms with E-state index in [4.69, 9.17) is 14.5 Å². The van der Waals surface area contributed by atoms with Crippen molar-refractivity contribution in [1.82, 2.24) is 14.9 Å². The second kappa shape index (κ2) is 10.2. The number of anilines is 1. The molecule has 0 spiro atoms. The van der Waals surface area contributed by atoms with Crippen LogP contribution in [0.1, 0.15) is 34.8 Å². The number of nitrogens with zero attached hydrogens (tertiary/aromatic N) is 4. The number of methoxy groups -OCH3 is 1. The second-order valence-corrected chi connectivity index (χ2v) is 8.74. The first kappa shape index (κ1) is 22.3. The Hall–Kier alpha value is -3.45. The van der Waals surface area contributed by atoms with Crippen LogP contribution in [0.3, 0.4) is 0 Å². The molecule has 1 unspecified atom stereocenters. The Kier molecular flexibility index (Phi) is 6.72. The van der Waals surface area contributed by atoms with Gasteiger partial charge in [-0.25, -0.2) is 4.98 Å². The van der Waals surface area contributed by atoms with Gasteiger partial charge in [-0.05, 0) is 49.2 Å². The number of morpholine rings is 1. The topological polar surface area (TPSA) is 67.8 Å². The van der Waals surface area contributed by atoms with Crippen molar-refractivity contribution in [3.05, 3.63) is 72.1 Å². The molecule has 176 valence electrons. The number of rotatable bonds is 5. The van der Waals surface area contributed by atoms with Gasteiger partial charge < -0.3 is 19.3 Å². The molecule has 1 aromatic carbocycles. The highest BCUT2D eigenvalue weighted by Crippen LogP contribution is 2.32. The quantitative estimate of drug-likeness (QED) is 0.576. The summed E-state index contributed by atoms with van der Waals surface area (Å²) < 4.78 is 11.0. The van der Waals surface area contributed by atoms with Gasteiger partial charge in [0.1, 0.15) is 11.6 Å². The van der Waals surface area contributed by atoms with Crippen LogP contribution in [0.2, 0.25) is 0 Å². The number of likely N-dealkylation sites (tertiary alicyclic amines) is 1. The maximum Gasteiger partial charge on any atom is 0.254 e. The predicted molar refractivity (Wildman–Crippen MR) is 131 cm³/mol. The lowest BCUT2D eigenvalue weighted by Gasteiger charge is -2.33. The maximum absolute atomic E-state index is 13.4. The number of pyridine rings is 2. The van der Waals surface area contributed by atoms with Crippen LogP contribution in [0.25, 0.3) is 11.3 Å². The molecule has 3 aromatic rings. The lowest BCUT2D eigenvalue weighted by Crippen LogP contribution is -2.40. The van der Waals surface area contributed by atoms with E-state index in [1.807, 2.05) is 53.4 Å². The number of carbonyl (C=O) groups is 1. The van der Waals surface area contributed by atoms with Crippen molar-refractivity contribution in [3.8, 4) is 17.0 Å². The Morgan fingerprint density at radius 1 is 1.06 bits per heavy atom. The van der Waals surface area contributed by atoms with Gasteiger partial charge in [-0.15, -0.1) is 0 Å². The molecular weight excluding hydrogens is 428 g/mol. The van der Waals surface area contributed by atoms with Gasteiger partial charge in [0.15, 0.2) is 0 Å². The van der Waals surface area contributed by atoms with E-state index in [0.29, 0.717) is 25.3 Å². The highest BCUT2D eigenvalue weighted by molar-refractivity contribution is 5.95. The zero-order chi connectivity index (χ0) is 23.3. The van der Waals surface area contributed by atoms with Crippen molar-refractivity contribution in [1.29, 1.82) is 0 Å². The molecule has 2 saturated heterocycles. The summed E-state index contributed by atoms with van der Waals surface area (Å²) in [4.78, 5) is 27.0. The lowest BCUT2D eigenvalue weighted by atomic mass is 9.93. The predicted octanol–water partition coefficient (Wildman–Crippen LogP) is 4.01. The average Bonchev–Trinajstić information content (AvgIpc) is 2.93. The van der Waals surface area contributed by atoms with E-state index < -0.39 is 0 Å². The zero-order valence-electron chi connectivity index (χ0n) is 19.5. The fourth-order valence-corrected chi connectivity index (χ4v) is 4.79. The fraction of sp³-hybridized carbons (Fsp3) is 0.370. The molecule has 0 bridgehead atoms. The smallest absolute Gasteiger partial charge is 0.254 e. The summed E-state index contributed by atoms with van der Waals surface area (Å²) in [6.45, 7) is 4.39. The summed E-state index contributed by atoms with van der Waals surface area (Å²) in [5.41, 5.74) is 3.57. The van der Waals surface area contributed by atoms with Gasteiger partial charge in [-0.2, -0.15) is 0 Å². The third-order valence-corrected chi connectivity index (χ3v) is 6.61. The fourth-order valence-electron chi connectivity index (χ4n) is 4.79. The Bertz CT molecular complexity index is 1150. The van der Waals surface area contributed by atoms with Gasteiger partial charge in [0.25, 0.3) is 5.91 Å². The first-order valence-corrected chi connectivity index (χ1v) is 11.9. The summed E-state index contributed by atoms with van der Waals surface area (Å²) in [5, 5.41) is 0. The summed E-state index contributed by atoms with van der Waals surface area (Å²) in [7, 11) is 1.68. The second-order valence-electron chi connectivity index (χ2n) is 8.74. The van der Waals surface area contributed by atoms with Crippen LogP contribution in [0.5, 0.6) is 5.75 Å². The van der Waals surface area contributed by atoms with E-state index in [-0.39, 0.29) is 11.8 Å². The van der Waals surface area contributed by atoms with Crippen LogP contribution in [0.4, 0.5) is 5.82 Å². The third kappa shape index (κ3) is 4.75. The summed E-state index contributed by atoms with van der Waals surface area (Å²) >= 11 is 0. The molecule has 2 aliphatic heterocycles. The largest absolute Gasteiger partial charge is 0.496 e. The molecule has 4 heterocycles. The molecule has 0 radical (unpaired) electrons. The minimum absolute atomic E-state index is 0.0579. The maximum atomic E-state index is 13.4. The number of carbonyl (C=O) groups excluding carboxylic acids is 1. The molecule has 0 aliphatic carbocycles. The Morgan fingerprint density at radius 3 is 2.76 bits per heavy atom. The number of hydrogen-bond donors (Lipinski definition) is 0. The summed E-state index contributed by atoms with van der Waals surface area (Å²) in [6, 6.07) is 17.8. The minimum Gasteiger partial charge on any atom is -0.496 e.